The average Bonchev–Trinajstić information content (AvgIpc) is 2.38. The van der Waals surface area contributed by atoms with Crippen molar-refractivity contribution in [3.05, 3.63) is 11.7 Å². The first-order valence-corrected chi connectivity index (χ1v) is 3.88. The first-order chi connectivity index (χ1) is 5.36. The van der Waals surface area contributed by atoms with Crippen LogP contribution >= 0.6 is 0 Å². The summed E-state index contributed by atoms with van der Waals surface area (Å²) >= 11 is 0. The molecule has 0 fully saturated rings. The van der Waals surface area contributed by atoms with Crippen LogP contribution in [0.25, 0.3) is 0 Å². The van der Waals surface area contributed by atoms with E-state index in [4.69, 9.17) is 10.3 Å². The number of aromatic nitrogens is 2. The minimum Gasteiger partial charge on any atom is -0.339 e. The summed E-state index contributed by atoms with van der Waals surface area (Å²) in [6.07, 6.45) is 2.60. The number of rotatable bonds is 4. The van der Waals surface area contributed by atoms with E-state index >= 15 is 0 Å². The van der Waals surface area contributed by atoms with Crippen LogP contribution in [0.5, 0.6) is 0 Å². The van der Waals surface area contributed by atoms with Gasteiger partial charge in [-0.15, -0.1) is 0 Å². The van der Waals surface area contributed by atoms with E-state index in [1.807, 2.05) is 0 Å². The third-order valence-corrected chi connectivity index (χ3v) is 1.34. The fourth-order valence-electron chi connectivity index (χ4n) is 0.840. The molecular formula is C7H13N3O. The fraction of sp³-hybridized carbons (Fsp3) is 0.714. The Morgan fingerprint density at radius 2 is 2.27 bits per heavy atom. The molecule has 0 bridgehead atoms. The van der Waals surface area contributed by atoms with Gasteiger partial charge in [0.1, 0.15) is 0 Å². The molecule has 0 amide bonds. The highest BCUT2D eigenvalue weighted by Gasteiger charge is 2.02. The Kier molecular flexibility index (Phi) is 3.04. The van der Waals surface area contributed by atoms with E-state index in [-0.39, 0.29) is 0 Å². The maximum Gasteiger partial charge on any atom is 0.227 e. The van der Waals surface area contributed by atoms with Crippen molar-refractivity contribution in [1.29, 1.82) is 0 Å². The zero-order chi connectivity index (χ0) is 8.10. The van der Waals surface area contributed by atoms with Crippen molar-refractivity contribution >= 4 is 0 Å². The van der Waals surface area contributed by atoms with Crippen molar-refractivity contribution in [2.45, 2.75) is 26.2 Å². The lowest BCUT2D eigenvalue weighted by Gasteiger charge is -1.84. The maximum absolute atomic E-state index is 5.32. The Morgan fingerprint density at radius 1 is 1.45 bits per heavy atom. The molecule has 1 heterocycles. The van der Waals surface area contributed by atoms with E-state index in [2.05, 4.69) is 17.1 Å². The van der Waals surface area contributed by atoms with Crippen molar-refractivity contribution in [1.82, 2.24) is 10.1 Å². The summed E-state index contributed by atoms with van der Waals surface area (Å²) in [6.45, 7) is 2.65. The highest BCUT2D eigenvalue weighted by atomic mass is 16.5. The van der Waals surface area contributed by atoms with Crippen molar-refractivity contribution in [3.63, 3.8) is 0 Å². The number of nitrogens with two attached hydrogens (primary N) is 1. The molecule has 0 atom stereocenters. The lowest BCUT2D eigenvalue weighted by atomic mass is 10.3. The standard InChI is InChI=1S/C7H13N3O/c1-2-3-6-9-7(4-5-8)11-10-6/h2-5,8H2,1H3. The van der Waals surface area contributed by atoms with Crippen LogP contribution in [-0.4, -0.2) is 16.7 Å². The van der Waals surface area contributed by atoms with Crippen LogP contribution in [0.2, 0.25) is 0 Å². The van der Waals surface area contributed by atoms with Gasteiger partial charge in [-0.05, 0) is 6.42 Å². The van der Waals surface area contributed by atoms with Gasteiger partial charge >= 0.3 is 0 Å². The van der Waals surface area contributed by atoms with Crippen LogP contribution < -0.4 is 5.73 Å². The summed E-state index contributed by atoms with van der Waals surface area (Å²) in [6, 6.07) is 0. The largest absolute Gasteiger partial charge is 0.339 e. The van der Waals surface area contributed by atoms with Gasteiger partial charge in [0.15, 0.2) is 5.82 Å². The Labute approximate surface area is 65.8 Å². The predicted octanol–water partition coefficient (Wildman–Crippen LogP) is 0.523. The van der Waals surface area contributed by atoms with Crippen molar-refractivity contribution in [3.8, 4) is 0 Å². The van der Waals surface area contributed by atoms with Crippen molar-refractivity contribution in [2.75, 3.05) is 6.54 Å². The molecular weight excluding hydrogens is 142 g/mol. The molecule has 62 valence electrons. The smallest absolute Gasteiger partial charge is 0.227 e. The van der Waals surface area contributed by atoms with E-state index < -0.39 is 0 Å². The molecule has 1 aromatic heterocycles. The molecule has 11 heavy (non-hydrogen) atoms. The average molecular weight is 155 g/mol. The number of hydrogen-bond donors (Lipinski definition) is 1. The highest BCUT2D eigenvalue weighted by molar-refractivity contribution is 4.86. The van der Waals surface area contributed by atoms with E-state index in [0.29, 0.717) is 18.9 Å². The fourth-order valence-corrected chi connectivity index (χ4v) is 0.840. The maximum atomic E-state index is 5.32. The van der Waals surface area contributed by atoms with Gasteiger partial charge in [-0.25, -0.2) is 0 Å². The Bertz CT molecular complexity index is 189. The van der Waals surface area contributed by atoms with Gasteiger partial charge in [0.2, 0.25) is 5.89 Å². The summed E-state index contributed by atoms with van der Waals surface area (Å²) in [5.41, 5.74) is 5.32. The van der Waals surface area contributed by atoms with Gasteiger partial charge in [-0.3, -0.25) is 0 Å². The molecule has 0 aliphatic carbocycles. The molecule has 4 heteroatoms. The Hall–Kier alpha value is -0.900. The Balaban J connectivity index is 2.51. The quantitative estimate of drug-likeness (QED) is 0.688. The van der Waals surface area contributed by atoms with Gasteiger partial charge in [-0.2, -0.15) is 4.98 Å². The van der Waals surface area contributed by atoms with Crippen LogP contribution in [0.15, 0.2) is 4.52 Å². The second-order valence-electron chi connectivity index (χ2n) is 2.39. The van der Waals surface area contributed by atoms with Gasteiger partial charge in [-0.1, -0.05) is 12.1 Å². The van der Waals surface area contributed by atoms with Gasteiger partial charge in [0, 0.05) is 19.4 Å². The molecule has 1 rings (SSSR count). The van der Waals surface area contributed by atoms with Crippen LogP contribution in [0.3, 0.4) is 0 Å². The first kappa shape index (κ1) is 8.20. The van der Waals surface area contributed by atoms with Gasteiger partial charge < -0.3 is 10.3 Å². The summed E-state index contributed by atoms with van der Waals surface area (Å²) in [7, 11) is 0. The van der Waals surface area contributed by atoms with Crippen LogP contribution in [-0.2, 0) is 12.8 Å². The number of aryl methyl sites for hydroxylation is 1. The van der Waals surface area contributed by atoms with Crippen LogP contribution in [0.1, 0.15) is 25.1 Å². The third kappa shape index (κ3) is 2.31. The summed E-state index contributed by atoms with van der Waals surface area (Å²) in [5.74, 6) is 1.44. The minimum absolute atomic E-state index is 0.563. The van der Waals surface area contributed by atoms with E-state index in [9.17, 15) is 0 Å². The zero-order valence-electron chi connectivity index (χ0n) is 6.71. The topological polar surface area (TPSA) is 64.9 Å². The molecule has 0 radical (unpaired) electrons. The number of nitrogens with zero attached hydrogens (tertiary/aromatic N) is 2. The van der Waals surface area contributed by atoms with Crippen LogP contribution in [0.4, 0.5) is 0 Å². The van der Waals surface area contributed by atoms with E-state index in [1.165, 1.54) is 0 Å². The molecule has 0 saturated carbocycles. The molecule has 1 aromatic rings. The van der Waals surface area contributed by atoms with Crippen molar-refractivity contribution < 1.29 is 4.52 Å². The molecule has 0 saturated heterocycles. The van der Waals surface area contributed by atoms with Gasteiger partial charge in [0.25, 0.3) is 0 Å². The SMILES string of the molecule is CCCc1noc(CCN)n1. The lowest BCUT2D eigenvalue weighted by Crippen LogP contribution is -2.02. The summed E-state index contributed by atoms with van der Waals surface area (Å²) < 4.78 is 4.92. The molecule has 0 aliphatic rings. The normalized spacial score (nSPS) is 10.4. The zero-order valence-corrected chi connectivity index (χ0v) is 6.71. The Morgan fingerprint density at radius 3 is 2.91 bits per heavy atom. The minimum atomic E-state index is 0.563. The monoisotopic (exact) mass is 155 g/mol. The van der Waals surface area contributed by atoms with E-state index in [1.54, 1.807) is 0 Å². The van der Waals surface area contributed by atoms with Crippen LogP contribution in [0, 0.1) is 0 Å². The first-order valence-electron chi connectivity index (χ1n) is 3.88. The third-order valence-electron chi connectivity index (χ3n) is 1.34. The summed E-state index contributed by atoms with van der Waals surface area (Å²) in [4.78, 5) is 4.13. The molecule has 0 spiro atoms. The van der Waals surface area contributed by atoms with Crippen molar-refractivity contribution in [2.24, 2.45) is 5.73 Å². The second-order valence-corrected chi connectivity index (χ2v) is 2.39. The lowest BCUT2D eigenvalue weighted by molar-refractivity contribution is 0.374. The summed E-state index contributed by atoms with van der Waals surface area (Å²) in [5, 5.41) is 3.78. The molecule has 0 aliphatic heterocycles. The molecule has 4 nitrogen and oxygen atoms in total. The molecule has 2 N–H and O–H groups in total. The number of hydrogen-bond acceptors (Lipinski definition) is 4. The molecule has 0 unspecified atom stereocenters. The second kappa shape index (κ2) is 4.08. The molecule has 0 aromatic carbocycles. The van der Waals surface area contributed by atoms with E-state index in [0.717, 1.165) is 18.7 Å². The van der Waals surface area contributed by atoms with Gasteiger partial charge in [0.05, 0.1) is 0 Å². The highest BCUT2D eigenvalue weighted by Crippen LogP contribution is 1.99. The predicted molar refractivity (Wildman–Crippen MR) is 41.1 cm³/mol.